The summed E-state index contributed by atoms with van der Waals surface area (Å²) in [5.41, 5.74) is 5.37. The molecule has 0 aromatic heterocycles. The van der Waals surface area contributed by atoms with Crippen LogP contribution in [0.4, 0.5) is 0 Å². The number of hydrogen-bond acceptors (Lipinski definition) is 8. The van der Waals surface area contributed by atoms with Gasteiger partial charge in [-0.1, -0.05) is 242 Å². The van der Waals surface area contributed by atoms with Crippen molar-refractivity contribution in [3.8, 4) is 0 Å². The third-order valence-corrected chi connectivity index (χ3v) is 12.7. The fraction of sp³-hybridized carbons (Fsp3) is 0.818. The molecule has 0 radical (unpaired) electrons. The van der Waals surface area contributed by atoms with Gasteiger partial charge in [0.25, 0.3) is 0 Å². The summed E-state index contributed by atoms with van der Waals surface area (Å²) in [6, 6.07) is 0. The Bertz CT molecular complexity index is 1200. The Kier molecular flexibility index (Phi) is 49.8. The van der Waals surface area contributed by atoms with Gasteiger partial charge in [-0.05, 0) is 51.4 Å². The van der Waals surface area contributed by atoms with E-state index in [2.05, 4.69) is 62.5 Å². The third kappa shape index (κ3) is 51.2. The van der Waals surface area contributed by atoms with E-state index in [0.717, 1.165) is 70.6 Å². The number of nitrogens with two attached hydrogens (primary N) is 1. The first-order chi connectivity index (χ1) is 31.8. The first-order valence-electron chi connectivity index (χ1n) is 27.1. The average Bonchev–Trinajstić information content (AvgIpc) is 3.30. The Morgan fingerprint density at radius 3 is 1.26 bits per heavy atom. The molecular formula is C55H102NO8P. The standard InChI is InChI=1S/C55H102NO8P/c1-3-5-7-9-11-13-15-17-19-21-23-25-26-28-29-31-33-35-37-39-41-43-45-47-54(57)61-51-53(52-63-65(59,60)62-50-49-56)64-55(58)48-46-44-42-40-38-36-34-32-30-27-24-22-20-18-16-14-12-10-8-6-4-2/h6,8,12,14,18,20,24,27,53H,3-5,7,9-11,13,15-17,19,21-23,25-26,28-52,56H2,1-2H3,(H,59,60)/b8-6-,14-12-,20-18-,27-24-. The molecule has 65 heavy (non-hydrogen) atoms. The zero-order valence-corrected chi connectivity index (χ0v) is 43.1. The maximum absolute atomic E-state index is 12.7. The number of phosphoric acid groups is 1. The van der Waals surface area contributed by atoms with E-state index < -0.39 is 26.5 Å². The van der Waals surface area contributed by atoms with Crippen LogP contribution in [0.25, 0.3) is 0 Å². The third-order valence-electron chi connectivity index (χ3n) is 11.7. The van der Waals surface area contributed by atoms with Crippen molar-refractivity contribution in [1.82, 2.24) is 0 Å². The fourth-order valence-electron chi connectivity index (χ4n) is 7.75. The molecule has 0 aromatic carbocycles. The van der Waals surface area contributed by atoms with Gasteiger partial charge in [0.05, 0.1) is 13.2 Å². The molecule has 2 atom stereocenters. The normalized spacial score (nSPS) is 13.5. The molecule has 0 aliphatic heterocycles. The molecule has 0 saturated heterocycles. The molecule has 380 valence electrons. The van der Waals surface area contributed by atoms with Crippen LogP contribution in [0.2, 0.25) is 0 Å². The number of ether oxygens (including phenoxy) is 2. The Morgan fingerprint density at radius 1 is 0.477 bits per heavy atom. The highest BCUT2D eigenvalue weighted by Crippen LogP contribution is 2.43. The van der Waals surface area contributed by atoms with Gasteiger partial charge in [0.2, 0.25) is 0 Å². The number of carbonyl (C=O) groups excluding carboxylic acids is 2. The van der Waals surface area contributed by atoms with E-state index in [1.165, 1.54) is 154 Å². The van der Waals surface area contributed by atoms with Crippen molar-refractivity contribution in [3.63, 3.8) is 0 Å². The maximum atomic E-state index is 12.7. The average molecular weight is 936 g/mol. The van der Waals surface area contributed by atoms with Crippen LogP contribution >= 0.6 is 7.82 Å². The van der Waals surface area contributed by atoms with Gasteiger partial charge in [-0.15, -0.1) is 0 Å². The van der Waals surface area contributed by atoms with Crippen molar-refractivity contribution >= 4 is 19.8 Å². The molecule has 0 rings (SSSR count). The minimum atomic E-state index is -4.39. The molecular weight excluding hydrogens is 834 g/mol. The van der Waals surface area contributed by atoms with Gasteiger partial charge in [-0.3, -0.25) is 18.6 Å². The topological polar surface area (TPSA) is 134 Å². The smallest absolute Gasteiger partial charge is 0.462 e. The first kappa shape index (κ1) is 63.0. The molecule has 2 unspecified atom stereocenters. The number of hydrogen-bond donors (Lipinski definition) is 2. The SMILES string of the molecule is CC/C=C\C/C=C\C/C=C\C/C=C\CCCCCCCCCCC(=O)OC(COC(=O)CCCCCCCCCCCCCCCCCCCCCCCCC)COP(=O)(O)OCCN. The summed E-state index contributed by atoms with van der Waals surface area (Å²) in [7, 11) is -4.39. The van der Waals surface area contributed by atoms with Crippen molar-refractivity contribution in [1.29, 1.82) is 0 Å². The Hall–Kier alpha value is -2.03. The van der Waals surface area contributed by atoms with E-state index in [1.807, 2.05) is 0 Å². The van der Waals surface area contributed by atoms with Crippen LogP contribution in [0.1, 0.15) is 258 Å². The van der Waals surface area contributed by atoms with Gasteiger partial charge >= 0.3 is 19.8 Å². The van der Waals surface area contributed by atoms with E-state index in [-0.39, 0.29) is 38.6 Å². The Balaban J connectivity index is 4.00. The number of unbranched alkanes of at least 4 members (excludes halogenated alkanes) is 30. The molecule has 0 spiro atoms. The monoisotopic (exact) mass is 936 g/mol. The van der Waals surface area contributed by atoms with Crippen LogP contribution in [-0.4, -0.2) is 49.3 Å². The summed E-state index contributed by atoms with van der Waals surface area (Å²) in [6.45, 7) is 3.66. The molecule has 9 nitrogen and oxygen atoms in total. The van der Waals surface area contributed by atoms with Gasteiger partial charge in [0, 0.05) is 19.4 Å². The number of rotatable bonds is 51. The Morgan fingerprint density at radius 2 is 0.846 bits per heavy atom. The summed E-state index contributed by atoms with van der Waals surface area (Å²) in [5.74, 6) is -0.827. The van der Waals surface area contributed by atoms with Gasteiger partial charge in [-0.25, -0.2) is 4.57 Å². The molecule has 0 heterocycles. The number of esters is 2. The molecule has 0 aromatic rings. The minimum Gasteiger partial charge on any atom is -0.462 e. The van der Waals surface area contributed by atoms with E-state index >= 15 is 0 Å². The predicted octanol–water partition coefficient (Wildman–Crippen LogP) is 16.6. The fourth-order valence-corrected chi connectivity index (χ4v) is 8.51. The quantitative estimate of drug-likeness (QED) is 0.0265. The second-order valence-electron chi connectivity index (χ2n) is 18.1. The highest BCUT2D eigenvalue weighted by atomic mass is 31.2. The molecule has 3 N–H and O–H groups in total. The van der Waals surface area contributed by atoms with Crippen LogP contribution in [-0.2, 0) is 32.7 Å². The lowest BCUT2D eigenvalue weighted by molar-refractivity contribution is -0.161. The number of phosphoric ester groups is 1. The lowest BCUT2D eigenvalue weighted by Gasteiger charge is -2.19. The van der Waals surface area contributed by atoms with E-state index in [9.17, 15) is 19.0 Å². The van der Waals surface area contributed by atoms with Crippen LogP contribution in [0, 0.1) is 0 Å². The maximum Gasteiger partial charge on any atom is 0.472 e. The van der Waals surface area contributed by atoms with Crippen LogP contribution in [0.3, 0.4) is 0 Å². The van der Waals surface area contributed by atoms with Crippen LogP contribution < -0.4 is 5.73 Å². The number of allylic oxidation sites excluding steroid dienone is 8. The highest BCUT2D eigenvalue weighted by Gasteiger charge is 2.26. The minimum absolute atomic E-state index is 0.0518. The van der Waals surface area contributed by atoms with Gasteiger partial charge in [0.15, 0.2) is 6.10 Å². The summed E-state index contributed by atoms with van der Waals surface area (Å²) < 4.78 is 33.0. The van der Waals surface area contributed by atoms with E-state index in [4.69, 9.17) is 24.3 Å². The van der Waals surface area contributed by atoms with Crippen molar-refractivity contribution in [2.45, 2.75) is 264 Å². The number of carbonyl (C=O) groups is 2. The summed E-state index contributed by atoms with van der Waals surface area (Å²) >= 11 is 0. The van der Waals surface area contributed by atoms with Crippen molar-refractivity contribution in [2.75, 3.05) is 26.4 Å². The molecule has 0 amide bonds. The molecule has 0 aliphatic rings. The molecule has 0 saturated carbocycles. The molecule has 10 heteroatoms. The van der Waals surface area contributed by atoms with E-state index in [1.54, 1.807) is 0 Å². The second kappa shape index (κ2) is 51.4. The highest BCUT2D eigenvalue weighted by molar-refractivity contribution is 7.47. The first-order valence-corrected chi connectivity index (χ1v) is 28.6. The van der Waals surface area contributed by atoms with Crippen molar-refractivity contribution in [3.05, 3.63) is 48.6 Å². The van der Waals surface area contributed by atoms with E-state index in [0.29, 0.717) is 6.42 Å². The Labute approximate surface area is 400 Å². The van der Waals surface area contributed by atoms with Crippen molar-refractivity contribution in [2.24, 2.45) is 5.73 Å². The van der Waals surface area contributed by atoms with Crippen LogP contribution in [0.5, 0.6) is 0 Å². The van der Waals surface area contributed by atoms with Crippen molar-refractivity contribution < 1.29 is 37.6 Å². The van der Waals surface area contributed by atoms with Gasteiger partial charge in [0.1, 0.15) is 6.61 Å². The summed E-state index contributed by atoms with van der Waals surface area (Å²) in [5, 5.41) is 0. The van der Waals surface area contributed by atoms with Gasteiger partial charge in [-0.2, -0.15) is 0 Å². The molecule has 0 aliphatic carbocycles. The predicted molar refractivity (Wildman–Crippen MR) is 275 cm³/mol. The summed E-state index contributed by atoms with van der Waals surface area (Å²) in [6.07, 6.45) is 61.6. The zero-order valence-electron chi connectivity index (χ0n) is 42.2. The zero-order chi connectivity index (χ0) is 47.4. The largest absolute Gasteiger partial charge is 0.472 e. The molecule has 0 fully saturated rings. The summed E-state index contributed by atoms with van der Waals surface area (Å²) in [4.78, 5) is 35.1. The second-order valence-corrected chi connectivity index (χ2v) is 19.5. The lowest BCUT2D eigenvalue weighted by Crippen LogP contribution is -2.29. The lowest BCUT2D eigenvalue weighted by atomic mass is 10.0. The van der Waals surface area contributed by atoms with Gasteiger partial charge < -0.3 is 20.1 Å². The molecule has 0 bridgehead atoms. The van der Waals surface area contributed by atoms with Crippen LogP contribution in [0.15, 0.2) is 48.6 Å².